The molecule has 0 aliphatic carbocycles. The van der Waals surface area contributed by atoms with Crippen LogP contribution < -0.4 is 0 Å². The highest BCUT2D eigenvalue weighted by Gasteiger charge is 2.18. The second-order valence-corrected chi connectivity index (χ2v) is 5.21. The Labute approximate surface area is 130 Å². The van der Waals surface area contributed by atoms with Crippen LogP contribution in [-0.4, -0.2) is 16.1 Å². The van der Waals surface area contributed by atoms with E-state index in [1.165, 1.54) is 0 Å². The van der Waals surface area contributed by atoms with Gasteiger partial charge in [-0.25, -0.2) is 4.68 Å². The number of aromatic nitrogens is 2. The van der Waals surface area contributed by atoms with Crippen molar-refractivity contribution in [1.82, 2.24) is 9.78 Å². The van der Waals surface area contributed by atoms with Crippen LogP contribution in [0.3, 0.4) is 0 Å². The number of hydrogen-bond acceptors (Lipinski definition) is 2. The second kappa shape index (κ2) is 5.98. The van der Waals surface area contributed by atoms with Crippen LogP contribution in [0, 0.1) is 6.92 Å². The predicted octanol–water partition coefficient (Wildman–Crippen LogP) is 4.22. The SMILES string of the molecule is CCc1nn(-c2ccccc2)c(C)c1-c1ccccc1C=O. The summed E-state index contributed by atoms with van der Waals surface area (Å²) < 4.78 is 1.95. The predicted molar refractivity (Wildman–Crippen MR) is 88.5 cm³/mol. The van der Waals surface area contributed by atoms with Gasteiger partial charge in [-0.05, 0) is 31.0 Å². The molecule has 110 valence electrons. The number of para-hydroxylation sites is 1. The molecule has 0 unspecified atom stereocenters. The normalized spacial score (nSPS) is 10.6. The fourth-order valence-corrected chi connectivity index (χ4v) is 2.81. The molecule has 3 aromatic rings. The van der Waals surface area contributed by atoms with Gasteiger partial charge in [0.1, 0.15) is 0 Å². The molecule has 0 bridgehead atoms. The van der Waals surface area contributed by atoms with Gasteiger partial charge < -0.3 is 0 Å². The number of carbonyl (C=O) groups is 1. The number of carbonyl (C=O) groups excluding carboxylic acids is 1. The Morgan fingerprint density at radius 1 is 1.05 bits per heavy atom. The fraction of sp³-hybridized carbons (Fsp3) is 0.158. The molecule has 0 saturated heterocycles. The second-order valence-electron chi connectivity index (χ2n) is 5.21. The van der Waals surface area contributed by atoms with Crippen LogP contribution >= 0.6 is 0 Å². The number of aryl methyl sites for hydroxylation is 1. The molecule has 0 aliphatic rings. The van der Waals surface area contributed by atoms with Gasteiger partial charge in [0.05, 0.1) is 11.4 Å². The van der Waals surface area contributed by atoms with Gasteiger partial charge in [0.15, 0.2) is 6.29 Å². The molecule has 0 N–H and O–H groups in total. The molecule has 0 spiro atoms. The molecule has 0 aliphatic heterocycles. The average molecular weight is 290 g/mol. The molecule has 0 amide bonds. The highest BCUT2D eigenvalue weighted by molar-refractivity contribution is 5.89. The summed E-state index contributed by atoms with van der Waals surface area (Å²) in [6, 6.07) is 17.7. The van der Waals surface area contributed by atoms with E-state index in [1.807, 2.05) is 59.3 Å². The highest BCUT2D eigenvalue weighted by Crippen LogP contribution is 2.31. The summed E-state index contributed by atoms with van der Waals surface area (Å²) in [6.45, 7) is 4.14. The molecule has 3 heteroatoms. The van der Waals surface area contributed by atoms with Crippen LogP contribution in [0.5, 0.6) is 0 Å². The third-order valence-electron chi connectivity index (χ3n) is 3.88. The van der Waals surface area contributed by atoms with E-state index < -0.39 is 0 Å². The Hall–Kier alpha value is -2.68. The molecule has 3 nitrogen and oxygen atoms in total. The summed E-state index contributed by atoms with van der Waals surface area (Å²) >= 11 is 0. The lowest BCUT2D eigenvalue weighted by molar-refractivity contribution is 0.112. The molecule has 0 fully saturated rings. The van der Waals surface area contributed by atoms with Crippen LogP contribution in [-0.2, 0) is 6.42 Å². The van der Waals surface area contributed by atoms with Crippen molar-refractivity contribution in [2.24, 2.45) is 0 Å². The number of rotatable bonds is 4. The molecule has 0 atom stereocenters. The highest BCUT2D eigenvalue weighted by atomic mass is 16.1. The first-order chi connectivity index (χ1) is 10.8. The average Bonchev–Trinajstić information content (AvgIpc) is 2.92. The summed E-state index contributed by atoms with van der Waals surface area (Å²) in [5, 5.41) is 4.75. The third kappa shape index (κ3) is 2.35. The molecule has 3 rings (SSSR count). The summed E-state index contributed by atoms with van der Waals surface area (Å²) in [5.74, 6) is 0. The maximum atomic E-state index is 11.4. The summed E-state index contributed by atoms with van der Waals surface area (Å²) in [4.78, 5) is 11.4. The first-order valence-electron chi connectivity index (χ1n) is 7.44. The van der Waals surface area contributed by atoms with Crippen LogP contribution in [0.4, 0.5) is 0 Å². The van der Waals surface area contributed by atoms with Crippen molar-refractivity contribution in [1.29, 1.82) is 0 Å². The van der Waals surface area contributed by atoms with Crippen LogP contribution in [0.25, 0.3) is 16.8 Å². The fourth-order valence-electron chi connectivity index (χ4n) is 2.81. The lowest BCUT2D eigenvalue weighted by atomic mass is 9.97. The zero-order chi connectivity index (χ0) is 15.5. The van der Waals surface area contributed by atoms with E-state index in [1.54, 1.807) is 0 Å². The van der Waals surface area contributed by atoms with Crippen molar-refractivity contribution < 1.29 is 4.79 Å². The van der Waals surface area contributed by atoms with Gasteiger partial charge in [-0.2, -0.15) is 5.10 Å². The van der Waals surface area contributed by atoms with E-state index in [2.05, 4.69) is 13.8 Å². The van der Waals surface area contributed by atoms with E-state index in [-0.39, 0.29) is 0 Å². The Kier molecular flexibility index (Phi) is 3.88. The number of nitrogens with zero attached hydrogens (tertiary/aromatic N) is 2. The van der Waals surface area contributed by atoms with E-state index >= 15 is 0 Å². The molecule has 22 heavy (non-hydrogen) atoms. The van der Waals surface area contributed by atoms with Crippen molar-refractivity contribution in [2.45, 2.75) is 20.3 Å². The van der Waals surface area contributed by atoms with Gasteiger partial charge in [-0.3, -0.25) is 4.79 Å². The summed E-state index contributed by atoms with van der Waals surface area (Å²) in [5.41, 5.74) is 5.81. The monoisotopic (exact) mass is 290 g/mol. The van der Waals surface area contributed by atoms with Crippen molar-refractivity contribution in [3.8, 4) is 16.8 Å². The van der Waals surface area contributed by atoms with E-state index in [0.717, 1.165) is 40.9 Å². The maximum Gasteiger partial charge on any atom is 0.150 e. The Morgan fingerprint density at radius 2 is 1.73 bits per heavy atom. The van der Waals surface area contributed by atoms with Gasteiger partial charge in [-0.1, -0.05) is 49.4 Å². The first-order valence-corrected chi connectivity index (χ1v) is 7.44. The van der Waals surface area contributed by atoms with E-state index in [4.69, 9.17) is 5.10 Å². The lowest BCUT2D eigenvalue weighted by Crippen LogP contribution is -1.98. The molecule has 1 aromatic heterocycles. The maximum absolute atomic E-state index is 11.4. The molecular formula is C19H18N2O. The zero-order valence-corrected chi connectivity index (χ0v) is 12.8. The molecule has 0 radical (unpaired) electrons. The third-order valence-corrected chi connectivity index (χ3v) is 3.88. The van der Waals surface area contributed by atoms with Gasteiger partial charge in [0, 0.05) is 16.8 Å². The number of aldehydes is 1. The Bertz CT molecular complexity index is 804. The van der Waals surface area contributed by atoms with Gasteiger partial charge >= 0.3 is 0 Å². The first kappa shape index (κ1) is 14.3. The van der Waals surface area contributed by atoms with Crippen molar-refractivity contribution in [3.63, 3.8) is 0 Å². The molecule has 0 saturated carbocycles. The quantitative estimate of drug-likeness (QED) is 0.674. The molecule has 2 aromatic carbocycles. The Morgan fingerprint density at radius 3 is 2.41 bits per heavy atom. The van der Waals surface area contributed by atoms with Crippen molar-refractivity contribution >= 4 is 6.29 Å². The minimum Gasteiger partial charge on any atom is -0.298 e. The van der Waals surface area contributed by atoms with Gasteiger partial charge in [0.25, 0.3) is 0 Å². The summed E-state index contributed by atoms with van der Waals surface area (Å²) in [7, 11) is 0. The minimum absolute atomic E-state index is 0.702. The van der Waals surface area contributed by atoms with Crippen LogP contribution in [0.1, 0.15) is 28.7 Å². The van der Waals surface area contributed by atoms with Crippen molar-refractivity contribution in [3.05, 3.63) is 71.5 Å². The van der Waals surface area contributed by atoms with Crippen molar-refractivity contribution in [2.75, 3.05) is 0 Å². The van der Waals surface area contributed by atoms with E-state index in [0.29, 0.717) is 5.56 Å². The number of hydrogen-bond donors (Lipinski definition) is 0. The van der Waals surface area contributed by atoms with Gasteiger partial charge in [0.2, 0.25) is 0 Å². The van der Waals surface area contributed by atoms with Gasteiger partial charge in [-0.15, -0.1) is 0 Å². The minimum atomic E-state index is 0.702. The summed E-state index contributed by atoms with van der Waals surface area (Å²) in [6.07, 6.45) is 1.73. The lowest BCUT2D eigenvalue weighted by Gasteiger charge is -2.07. The van der Waals surface area contributed by atoms with Crippen LogP contribution in [0.15, 0.2) is 54.6 Å². The standard InChI is InChI=1S/C19H18N2O/c1-3-18-19(17-12-8-7-9-15(17)13-22)14(2)21(20-18)16-10-5-4-6-11-16/h4-13H,3H2,1-2H3. The smallest absolute Gasteiger partial charge is 0.150 e. The molecule has 1 heterocycles. The molecular weight excluding hydrogens is 272 g/mol. The largest absolute Gasteiger partial charge is 0.298 e. The number of benzene rings is 2. The van der Waals surface area contributed by atoms with Crippen LogP contribution in [0.2, 0.25) is 0 Å². The van der Waals surface area contributed by atoms with E-state index in [9.17, 15) is 4.79 Å². The zero-order valence-electron chi connectivity index (χ0n) is 12.8. The Balaban J connectivity index is 2.24. The topological polar surface area (TPSA) is 34.9 Å².